The molecule has 5 nitrogen and oxygen atoms in total. The number of carboxylic acid groups (broad SMARTS) is 1. The number of benzene rings is 1. The fourth-order valence-electron chi connectivity index (χ4n) is 1.40. The van der Waals surface area contributed by atoms with Crippen molar-refractivity contribution in [2.24, 2.45) is 0 Å². The minimum absolute atomic E-state index is 0.0819. The number of carboxylic acids is 1. The smallest absolute Gasteiger partial charge is 0.338 e. The quantitative estimate of drug-likeness (QED) is 0.785. The van der Waals surface area contributed by atoms with Gasteiger partial charge in [-0.25, -0.2) is 9.18 Å². The Labute approximate surface area is 104 Å². The van der Waals surface area contributed by atoms with E-state index >= 15 is 0 Å². The van der Waals surface area contributed by atoms with Gasteiger partial charge in [0.2, 0.25) is 0 Å². The first kappa shape index (κ1) is 14.0. The maximum Gasteiger partial charge on any atom is 0.338 e. The van der Waals surface area contributed by atoms with E-state index in [1.54, 1.807) is 6.92 Å². The first-order valence-electron chi connectivity index (χ1n) is 5.30. The number of carbonyl (C=O) groups excluding carboxylic acids is 1. The molecule has 1 aromatic carbocycles. The van der Waals surface area contributed by atoms with Crippen molar-refractivity contribution in [2.45, 2.75) is 13.3 Å². The van der Waals surface area contributed by atoms with E-state index in [0.717, 1.165) is 6.07 Å². The standard InChI is InChI=1S/C12H14FNO4/c1-7-9(13)5-8(12(17)18-2)6-10(7)14-4-3-11(15)16/h5-6,14H,3-4H2,1-2H3,(H,15,16). The van der Waals surface area contributed by atoms with E-state index in [1.807, 2.05) is 0 Å². The summed E-state index contributed by atoms with van der Waals surface area (Å²) in [5.74, 6) is -2.14. The van der Waals surface area contributed by atoms with Crippen molar-refractivity contribution in [2.75, 3.05) is 19.0 Å². The number of hydrogen-bond donors (Lipinski definition) is 2. The van der Waals surface area contributed by atoms with Gasteiger partial charge in [0, 0.05) is 17.8 Å². The summed E-state index contributed by atoms with van der Waals surface area (Å²) >= 11 is 0. The maximum atomic E-state index is 13.6. The lowest BCUT2D eigenvalue weighted by atomic mass is 10.1. The Balaban J connectivity index is 2.92. The molecule has 0 amide bonds. The van der Waals surface area contributed by atoms with Crippen LogP contribution in [-0.2, 0) is 9.53 Å². The Morgan fingerprint density at radius 3 is 2.67 bits per heavy atom. The van der Waals surface area contributed by atoms with E-state index in [0.29, 0.717) is 11.3 Å². The topological polar surface area (TPSA) is 75.6 Å². The van der Waals surface area contributed by atoms with Gasteiger partial charge in [-0.3, -0.25) is 4.79 Å². The minimum Gasteiger partial charge on any atom is -0.481 e. The molecule has 0 aromatic heterocycles. The molecule has 0 bridgehead atoms. The van der Waals surface area contributed by atoms with E-state index in [2.05, 4.69) is 10.1 Å². The Bertz CT molecular complexity index is 473. The van der Waals surface area contributed by atoms with Crippen LogP contribution in [0.5, 0.6) is 0 Å². The summed E-state index contributed by atoms with van der Waals surface area (Å²) < 4.78 is 18.1. The summed E-state index contributed by atoms with van der Waals surface area (Å²) in [6.07, 6.45) is -0.0937. The molecular formula is C12H14FNO4. The second-order valence-corrected chi connectivity index (χ2v) is 3.69. The van der Waals surface area contributed by atoms with Gasteiger partial charge in [-0.15, -0.1) is 0 Å². The molecule has 1 rings (SSSR count). The van der Waals surface area contributed by atoms with Gasteiger partial charge in [0.05, 0.1) is 19.1 Å². The molecule has 0 atom stereocenters. The first-order chi connectivity index (χ1) is 8.45. The van der Waals surface area contributed by atoms with Crippen molar-refractivity contribution in [3.8, 4) is 0 Å². The van der Waals surface area contributed by atoms with Gasteiger partial charge >= 0.3 is 11.9 Å². The minimum atomic E-state index is -0.954. The molecule has 0 saturated carbocycles. The molecule has 0 unspecified atom stereocenters. The van der Waals surface area contributed by atoms with Crippen molar-refractivity contribution < 1.29 is 23.8 Å². The molecule has 6 heteroatoms. The zero-order valence-corrected chi connectivity index (χ0v) is 10.1. The second-order valence-electron chi connectivity index (χ2n) is 3.69. The number of esters is 1. The molecule has 0 heterocycles. The number of rotatable bonds is 5. The number of ether oxygens (including phenoxy) is 1. The summed E-state index contributed by atoms with van der Waals surface area (Å²) in [6.45, 7) is 1.69. The molecule has 0 radical (unpaired) electrons. The van der Waals surface area contributed by atoms with E-state index in [1.165, 1.54) is 13.2 Å². The third-order valence-electron chi connectivity index (χ3n) is 2.42. The molecule has 0 saturated heterocycles. The molecule has 1 aromatic rings. The highest BCUT2D eigenvalue weighted by Gasteiger charge is 2.12. The fraction of sp³-hybridized carbons (Fsp3) is 0.333. The number of halogens is 1. The lowest BCUT2D eigenvalue weighted by Crippen LogP contribution is -2.10. The van der Waals surface area contributed by atoms with E-state index in [4.69, 9.17) is 5.11 Å². The van der Waals surface area contributed by atoms with Gasteiger partial charge in [-0.05, 0) is 19.1 Å². The zero-order chi connectivity index (χ0) is 13.7. The van der Waals surface area contributed by atoms with Crippen molar-refractivity contribution in [3.63, 3.8) is 0 Å². The summed E-state index contributed by atoms with van der Waals surface area (Å²) in [6, 6.07) is 2.52. The van der Waals surface area contributed by atoms with Crippen LogP contribution in [0.4, 0.5) is 10.1 Å². The second kappa shape index (κ2) is 6.00. The summed E-state index contributed by atoms with van der Waals surface area (Å²) in [7, 11) is 1.21. The van der Waals surface area contributed by atoms with Gasteiger partial charge in [-0.2, -0.15) is 0 Å². The third-order valence-corrected chi connectivity index (χ3v) is 2.42. The largest absolute Gasteiger partial charge is 0.481 e. The molecule has 0 spiro atoms. The average Bonchev–Trinajstić information content (AvgIpc) is 2.32. The normalized spacial score (nSPS) is 9.94. The predicted octanol–water partition coefficient (Wildman–Crippen LogP) is 1.81. The summed E-state index contributed by atoms with van der Waals surface area (Å²) in [5.41, 5.74) is 0.795. The van der Waals surface area contributed by atoms with Crippen molar-refractivity contribution in [1.29, 1.82) is 0 Å². The van der Waals surface area contributed by atoms with Crippen molar-refractivity contribution >= 4 is 17.6 Å². The molecule has 18 heavy (non-hydrogen) atoms. The lowest BCUT2D eigenvalue weighted by molar-refractivity contribution is -0.136. The number of aliphatic carboxylic acids is 1. The Morgan fingerprint density at radius 2 is 2.11 bits per heavy atom. The van der Waals surface area contributed by atoms with Gasteiger partial charge in [0.25, 0.3) is 0 Å². The fourth-order valence-corrected chi connectivity index (χ4v) is 1.40. The van der Waals surface area contributed by atoms with Gasteiger partial charge in [-0.1, -0.05) is 0 Å². The highest BCUT2D eigenvalue weighted by Crippen LogP contribution is 2.21. The van der Waals surface area contributed by atoms with Crippen LogP contribution < -0.4 is 5.32 Å². The molecule has 2 N–H and O–H groups in total. The monoisotopic (exact) mass is 255 g/mol. The van der Waals surface area contributed by atoms with Crippen molar-refractivity contribution in [1.82, 2.24) is 0 Å². The summed E-state index contributed by atoms with van der Waals surface area (Å²) in [4.78, 5) is 21.7. The lowest BCUT2D eigenvalue weighted by Gasteiger charge is -2.11. The van der Waals surface area contributed by atoms with E-state index in [9.17, 15) is 14.0 Å². The molecule has 0 aliphatic carbocycles. The van der Waals surface area contributed by atoms with Crippen LogP contribution in [-0.4, -0.2) is 30.7 Å². The summed E-state index contributed by atoms with van der Waals surface area (Å²) in [5, 5.41) is 11.3. The Morgan fingerprint density at radius 1 is 1.44 bits per heavy atom. The number of anilines is 1. The van der Waals surface area contributed by atoms with Gasteiger partial charge in [0.1, 0.15) is 5.82 Å². The van der Waals surface area contributed by atoms with Crippen LogP contribution in [0.2, 0.25) is 0 Å². The van der Waals surface area contributed by atoms with Crippen LogP contribution >= 0.6 is 0 Å². The number of methoxy groups -OCH3 is 1. The zero-order valence-electron chi connectivity index (χ0n) is 10.1. The SMILES string of the molecule is COC(=O)c1cc(F)c(C)c(NCCC(=O)O)c1. The van der Waals surface area contributed by atoms with Crippen LogP contribution in [0.15, 0.2) is 12.1 Å². The third kappa shape index (κ3) is 3.44. The number of carbonyl (C=O) groups is 2. The van der Waals surface area contributed by atoms with Gasteiger partial charge in [0.15, 0.2) is 0 Å². The Kier molecular flexibility index (Phi) is 4.65. The number of hydrogen-bond acceptors (Lipinski definition) is 4. The van der Waals surface area contributed by atoms with E-state index < -0.39 is 17.8 Å². The predicted molar refractivity (Wildman–Crippen MR) is 63.2 cm³/mol. The van der Waals surface area contributed by atoms with Crippen LogP contribution in [0, 0.1) is 12.7 Å². The van der Waals surface area contributed by atoms with E-state index in [-0.39, 0.29) is 18.5 Å². The molecular weight excluding hydrogens is 241 g/mol. The van der Waals surface area contributed by atoms with Crippen LogP contribution in [0.3, 0.4) is 0 Å². The maximum absolute atomic E-state index is 13.6. The molecule has 98 valence electrons. The highest BCUT2D eigenvalue weighted by atomic mass is 19.1. The average molecular weight is 255 g/mol. The molecule has 0 aliphatic rings. The van der Waals surface area contributed by atoms with Gasteiger partial charge < -0.3 is 15.2 Å². The Hall–Kier alpha value is -2.11. The highest BCUT2D eigenvalue weighted by molar-refractivity contribution is 5.90. The van der Waals surface area contributed by atoms with Crippen LogP contribution in [0.25, 0.3) is 0 Å². The number of nitrogens with one attached hydrogen (secondary N) is 1. The van der Waals surface area contributed by atoms with Crippen molar-refractivity contribution in [3.05, 3.63) is 29.1 Å². The molecule has 0 aliphatic heterocycles. The van der Waals surface area contributed by atoms with Crippen LogP contribution in [0.1, 0.15) is 22.3 Å². The first-order valence-corrected chi connectivity index (χ1v) is 5.30. The molecule has 0 fully saturated rings.